The van der Waals surface area contributed by atoms with Crippen LogP contribution < -0.4 is 5.32 Å². The minimum absolute atomic E-state index is 0.197. The Morgan fingerprint density at radius 3 is 3.09 bits per heavy atom. The molecule has 0 spiro atoms. The van der Waals surface area contributed by atoms with Crippen molar-refractivity contribution in [3.63, 3.8) is 0 Å². The van der Waals surface area contributed by atoms with Gasteiger partial charge < -0.3 is 5.32 Å². The van der Waals surface area contributed by atoms with Gasteiger partial charge in [-0.25, -0.2) is 9.37 Å². The van der Waals surface area contributed by atoms with Gasteiger partial charge in [0.25, 0.3) is 0 Å². The molecule has 1 aromatic rings. The SMILES string of the molecule is C[C@@H](CF)Nc1ncc(Cl)s1. The van der Waals surface area contributed by atoms with E-state index in [-0.39, 0.29) is 6.04 Å². The highest BCUT2D eigenvalue weighted by atomic mass is 35.5. The Balaban J connectivity index is 2.50. The maximum Gasteiger partial charge on any atom is 0.184 e. The summed E-state index contributed by atoms with van der Waals surface area (Å²) in [5.74, 6) is 0. The van der Waals surface area contributed by atoms with Crippen LogP contribution in [0.5, 0.6) is 0 Å². The summed E-state index contributed by atoms with van der Waals surface area (Å²) >= 11 is 6.92. The summed E-state index contributed by atoms with van der Waals surface area (Å²) in [5.41, 5.74) is 0. The smallest absolute Gasteiger partial charge is 0.184 e. The lowest BCUT2D eigenvalue weighted by Gasteiger charge is -2.06. The fourth-order valence-corrected chi connectivity index (χ4v) is 1.49. The van der Waals surface area contributed by atoms with E-state index in [0.717, 1.165) is 0 Å². The van der Waals surface area contributed by atoms with E-state index in [4.69, 9.17) is 11.6 Å². The first kappa shape index (κ1) is 8.74. The zero-order valence-electron chi connectivity index (χ0n) is 5.97. The molecule has 0 aliphatic heterocycles. The Hall–Kier alpha value is -0.350. The van der Waals surface area contributed by atoms with Crippen molar-refractivity contribution in [2.45, 2.75) is 13.0 Å². The van der Waals surface area contributed by atoms with Gasteiger partial charge in [-0.05, 0) is 6.92 Å². The average molecular weight is 195 g/mol. The highest BCUT2D eigenvalue weighted by molar-refractivity contribution is 7.19. The molecule has 0 fully saturated rings. The van der Waals surface area contributed by atoms with Gasteiger partial charge in [-0.2, -0.15) is 0 Å². The van der Waals surface area contributed by atoms with E-state index >= 15 is 0 Å². The van der Waals surface area contributed by atoms with Gasteiger partial charge >= 0.3 is 0 Å². The monoisotopic (exact) mass is 194 g/mol. The van der Waals surface area contributed by atoms with Crippen LogP contribution >= 0.6 is 22.9 Å². The molecule has 0 saturated heterocycles. The first-order valence-corrected chi connectivity index (χ1v) is 4.35. The summed E-state index contributed by atoms with van der Waals surface area (Å²) in [4.78, 5) is 3.91. The van der Waals surface area contributed by atoms with Crippen LogP contribution in [0.1, 0.15) is 6.92 Å². The number of rotatable bonds is 3. The third kappa shape index (κ3) is 2.63. The molecule has 0 aromatic carbocycles. The molecule has 62 valence electrons. The van der Waals surface area contributed by atoms with Gasteiger partial charge in [0.15, 0.2) is 5.13 Å². The van der Waals surface area contributed by atoms with Crippen LogP contribution in [-0.2, 0) is 0 Å². The van der Waals surface area contributed by atoms with Crippen molar-refractivity contribution in [2.24, 2.45) is 0 Å². The Labute approximate surface area is 73.4 Å². The normalized spacial score (nSPS) is 13.0. The second-order valence-electron chi connectivity index (χ2n) is 2.17. The zero-order valence-corrected chi connectivity index (χ0v) is 7.55. The number of alkyl halides is 1. The lowest BCUT2D eigenvalue weighted by atomic mass is 10.4. The highest BCUT2D eigenvalue weighted by Gasteiger charge is 2.03. The van der Waals surface area contributed by atoms with Crippen molar-refractivity contribution in [1.82, 2.24) is 4.98 Å². The van der Waals surface area contributed by atoms with Crippen LogP contribution in [-0.4, -0.2) is 17.7 Å². The number of aromatic nitrogens is 1. The Morgan fingerprint density at radius 2 is 2.64 bits per heavy atom. The summed E-state index contributed by atoms with van der Waals surface area (Å²) in [6.07, 6.45) is 1.54. The lowest BCUT2D eigenvalue weighted by Crippen LogP contribution is -2.16. The summed E-state index contributed by atoms with van der Waals surface area (Å²) in [5, 5.41) is 3.53. The molecule has 1 heterocycles. The molecule has 1 atom stereocenters. The number of anilines is 1. The first-order chi connectivity index (χ1) is 5.22. The average Bonchev–Trinajstić information content (AvgIpc) is 2.35. The molecular weight excluding hydrogens is 187 g/mol. The van der Waals surface area contributed by atoms with E-state index in [1.165, 1.54) is 11.3 Å². The number of nitrogens with zero attached hydrogens (tertiary/aromatic N) is 1. The molecule has 0 aliphatic carbocycles. The lowest BCUT2D eigenvalue weighted by molar-refractivity contribution is 0.460. The standard InChI is InChI=1S/C6H8ClFN2S/c1-4(2-8)10-6-9-3-5(7)11-6/h3-4H,2H2,1H3,(H,9,10)/t4-/m0/s1. The van der Waals surface area contributed by atoms with Crippen molar-refractivity contribution < 1.29 is 4.39 Å². The molecule has 0 amide bonds. The van der Waals surface area contributed by atoms with Crippen molar-refractivity contribution in [2.75, 3.05) is 12.0 Å². The van der Waals surface area contributed by atoms with E-state index in [9.17, 15) is 4.39 Å². The molecule has 0 bridgehead atoms. The predicted molar refractivity (Wildman–Crippen MR) is 46.2 cm³/mol. The largest absolute Gasteiger partial charge is 0.356 e. The van der Waals surface area contributed by atoms with Gasteiger partial charge in [-0.1, -0.05) is 22.9 Å². The minimum Gasteiger partial charge on any atom is -0.356 e. The fraction of sp³-hybridized carbons (Fsp3) is 0.500. The Bertz CT molecular complexity index is 228. The van der Waals surface area contributed by atoms with E-state index < -0.39 is 6.67 Å². The van der Waals surface area contributed by atoms with Gasteiger partial charge in [0.1, 0.15) is 11.0 Å². The molecule has 1 aromatic heterocycles. The molecule has 0 aliphatic rings. The van der Waals surface area contributed by atoms with E-state index in [1.54, 1.807) is 13.1 Å². The Kier molecular flexibility index (Phi) is 3.08. The molecule has 2 nitrogen and oxygen atoms in total. The molecule has 5 heteroatoms. The van der Waals surface area contributed by atoms with Crippen LogP contribution in [0.3, 0.4) is 0 Å². The number of halogens is 2. The summed E-state index contributed by atoms with van der Waals surface area (Å²) in [7, 11) is 0. The van der Waals surface area contributed by atoms with Gasteiger partial charge in [-0.15, -0.1) is 0 Å². The van der Waals surface area contributed by atoms with Crippen LogP contribution in [0.4, 0.5) is 9.52 Å². The van der Waals surface area contributed by atoms with Gasteiger partial charge in [0.2, 0.25) is 0 Å². The van der Waals surface area contributed by atoms with Crippen molar-refractivity contribution in [1.29, 1.82) is 0 Å². The number of thiazole rings is 1. The van der Waals surface area contributed by atoms with Gasteiger partial charge in [0.05, 0.1) is 12.2 Å². The second-order valence-corrected chi connectivity index (χ2v) is 3.83. The summed E-state index contributed by atoms with van der Waals surface area (Å²) < 4.78 is 12.6. The fourth-order valence-electron chi connectivity index (χ4n) is 0.571. The van der Waals surface area contributed by atoms with Crippen LogP contribution in [0.15, 0.2) is 6.20 Å². The van der Waals surface area contributed by atoms with Crippen molar-refractivity contribution in [3.05, 3.63) is 10.5 Å². The molecule has 11 heavy (non-hydrogen) atoms. The van der Waals surface area contributed by atoms with E-state index in [2.05, 4.69) is 10.3 Å². The van der Waals surface area contributed by atoms with E-state index in [1.807, 2.05) is 0 Å². The molecule has 0 saturated carbocycles. The maximum atomic E-state index is 12.0. The van der Waals surface area contributed by atoms with Gasteiger partial charge in [0, 0.05) is 0 Å². The Morgan fingerprint density at radius 1 is 1.91 bits per heavy atom. The third-order valence-corrected chi connectivity index (χ3v) is 2.12. The third-order valence-electron chi connectivity index (χ3n) is 1.08. The second kappa shape index (κ2) is 3.88. The zero-order chi connectivity index (χ0) is 8.27. The molecule has 1 rings (SSSR count). The summed E-state index contributed by atoms with van der Waals surface area (Å²) in [6, 6.07) is -0.197. The van der Waals surface area contributed by atoms with Crippen LogP contribution in [0.25, 0.3) is 0 Å². The predicted octanol–water partition coefficient (Wildman–Crippen LogP) is 2.57. The molecule has 0 unspecified atom stereocenters. The topological polar surface area (TPSA) is 24.9 Å². The molecule has 0 radical (unpaired) electrons. The van der Waals surface area contributed by atoms with Crippen LogP contribution in [0, 0.1) is 0 Å². The quantitative estimate of drug-likeness (QED) is 0.800. The highest BCUT2D eigenvalue weighted by Crippen LogP contribution is 2.22. The van der Waals surface area contributed by atoms with Crippen molar-refractivity contribution in [3.8, 4) is 0 Å². The molecule has 1 N–H and O–H groups in total. The molecular formula is C6H8ClFN2S. The van der Waals surface area contributed by atoms with E-state index in [0.29, 0.717) is 9.47 Å². The number of hydrogen-bond acceptors (Lipinski definition) is 3. The van der Waals surface area contributed by atoms with Gasteiger partial charge in [-0.3, -0.25) is 0 Å². The number of hydrogen-bond donors (Lipinski definition) is 1. The van der Waals surface area contributed by atoms with Crippen molar-refractivity contribution >= 4 is 28.1 Å². The minimum atomic E-state index is -0.406. The van der Waals surface area contributed by atoms with Crippen LogP contribution in [0.2, 0.25) is 4.34 Å². The number of nitrogens with one attached hydrogen (secondary N) is 1. The first-order valence-electron chi connectivity index (χ1n) is 3.16. The summed E-state index contributed by atoms with van der Waals surface area (Å²) in [6.45, 7) is 1.34. The maximum absolute atomic E-state index is 12.0.